The highest BCUT2D eigenvalue weighted by molar-refractivity contribution is 5.46. The highest BCUT2D eigenvalue weighted by Crippen LogP contribution is 2.16. The third kappa shape index (κ3) is 4.40. The van der Waals surface area contributed by atoms with Crippen molar-refractivity contribution in [2.45, 2.75) is 46.0 Å². The van der Waals surface area contributed by atoms with Crippen molar-refractivity contribution in [3.05, 3.63) is 29.3 Å². The van der Waals surface area contributed by atoms with Crippen LogP contribution in [0.15, 0.2) is 18.2 Å². The summed E-state index contributed by atoms with van der Waals surface area (Å²) < 4.78 is 0. The Labute approximate surface area is 98.5 Å². The summed E-state index contributed by atoms with van der Waals surface area (Å²) in [4.78, 5) is 0. The number of aryl methyl sites for hydroxylation is 1. The number of phenolic OH excluding ortho intramolecular Hbond substituents is 1. The summed E-state index contributed by atoms with van der Waals surface area (Å²) in [7, 11) is 0. The van der Waals surface area contributed by atoms with Gasteiger partial charge in [-0.3, -0.25) is 0 Å². The maximum atomic E-state index is 9.57. The van der Waals surface area contributed by atoms with E-state index in [2.05, 4.69) is 18.8 Å². The zero-order chi connectivity index (χ0) is 11.8. The van der Waals surface area contributed by atoms with Gasteiger partial charge in [-0.15, -0.1) is 0 Å². The Morgan fingerprint density at radius 2 is 2.00 bits per heavy atom. The summed E-state index contributed by atoms with van der Waals surface area (Å²) in [6.45, 7) is 4.21. The van der Waals surface area contributed by atoms with Gasteiger partial charge in [-0.05, 0) is 31.0 Å². The molecule has 0 heterocycles. The average Bonchev–Trinajstić information content (AvgIpc) is 2.28. The van der Waals surface area contributed by atoms with E-state index in [1.54, 1.807) is 6.07 Å². The van der Waals surface area contributed by atoms with Gasteiger partial charge in [-0.25, -0.2) is 0 Å². The van der Waals surface area contributed by atoms with Crippen molar-refractivity contribution >= 4 is 0 Å². The van der Waals surface area contributed by atoms with Crippen LogP contribution in [0.3, 0.4) is 0 Å². The van der Waals surface area contributed by atoms with Crippen LogP contribution in [0.5, 0.6) is 5.75 Å². The van der Waals surface area contributed by atoms with Crippen LogP contribution in [0.4, 0.5) is 0 Å². The van der Waals surface area contributed by atoms with Crippen LogP contribution in [0.1, 0.15) is 50.2 Å². The topological polar surface area (TPSA) is 20.2 Å². The van der Waals surface area contributed by atoms with Gasteiger partial charge in [-0.2, -0.15) is 0 Å². The summed E-state index contributed by atoms with van der Waals surface area (Å²) in [5.41, 5.74) is 1.88. The Kier molecular flexibility index (Phi) is 5.50. The summed E-state index contributed by atoms with van der Waals surface area (Å²) in [6, 6.07) is 5.52. The molecule has 1 nitrogen and oxygen atoms in total. The molecule has 0 aliphatic carbocycles. The molecule has 0 radical (unpaired) electrons. The van der Waals surface area contributed by atoms with Crippen LogP contribution in [0.2, 0.25) is 0 Å². The molecule has 16 heavy (non-hydrogen) atoms. The van der Waals surface area contributed by atoms with E-state index in [1.165, 1.54) is 19.3 Å². The molecule has 0 saturated heterocycles. The summed E-state index contributed by atoms with van der Waals surface area (Å²) in [6.07, 6.45) is 5.88. The third-order valence-electron chi connectivity index (χ3n) is 2.53. The molecule has 0 unspecified atom stereocenters. The first-order chi connectivity index (χ1) is 7.74. The minimum atomic E-state index is 0.284. The molecule has 0 aliphatic heterocycles. The van der Waals surface area contributed by atoms with Crippen LogP contribution in [-0.4, -0.2) is 5.11 Å². The van der Waals surface area contributed by atoms with Gasteiger partial charge >= 0.3 is 0 Å². The Morgan fingerprint density at radius 3 is 2.75 bits per heavy atom. The van der Waals surface area contributed by atoms with E-state index >= 15 is 0 Å². The second-order valence-electron chi connectivity index (χ2n) is 4.13. The number of unbranched alkanes of at least 4 members (excludes halogenated alkanes) is 4. The molecular weight excluding hydrogens is 196 g/mol. The van der Waals surface area contributed by atoms with Crippen molar-refractivity contribution in [1.29, 1.82) is 0 Å². The molecule has 1 N–H and O–H groups in total. The van der Waals surface area contributed by atoms with Gasteiger partial charge in [0, 0.05) is 6.42 Å². The van der Waals surface area contributed by atoms with Gasteiger partial charge in [0.25, 0.3) is 0 Å². The van der Waals surface area contributed by atoms with E-state index in [-0.39, 0.29) is 5.75 Å². The molecule has 0 aromatic heterocycles. The van der Waals surface area contributed by atoms with Crippen molar-refractivity contribution in [3.8, 4) is 17.6 Å². The lowest BCUT2D eigenvalue weighted by atomic mass is 10.1. The molecule has 0 atom stereocenters. The van der Waals surface area contributed by atoms with Crippen LogP contribution >= 0.6 is 0 Å². The Morgan fingerprint density at radius 1 is 1.19 bits per heavy atom. The van der Waals surface area contributed by atoms with Crippen LogP contribution in [-0.2, 0) is 0 Å². The second-order valence-corrected chi connectivity index (χ2v) is 4.13. The standard InChI is InChI=1S/C15H20O/c1-3-4-5-6-7-8-9-14-12-13(2)10-11-15(14)16/h10-12,16H,3-7H2,1-2H3. The van der Waals surface area contributed by atoms with E-state index < -0.39 is 0 Å². The fourth-order valence-electron chi connectivity index (χ4n) is 1.55. The molecule has 0 bridgehead atoms. The molecule has 1 aromatic rings. The molecule has 1 rings (SSSR count). The van der Waals surface area contributed by atoms with Gasteiger partial charge in [0.1, 0.15) is 5.75 Å². The van der Waals surface area contributed by atoms with E-state index in [9.17, 15) is 5.11 Å². The maximum absolute atomic E-state index is 9.57. The predicted octanol–water partition coefficient (Wildman–Crippen LogP) is 4.02. The molecule has 0 aliphatic rings. The number of hydrogen-bond donors (Lipinski definition) is 1. The smallest absolute Gasteiger partial charge is 0.131 e. The van der Waals surface area contributed by atoms with E-state index in [0.717, 1.165) is 24.0 Å². The summed E-state index contributed by atoms with van der Waals surface area (Å²) in [5, 5.41) is 9.57. The van der Waals surface area contributed by atoms with Gasteiger partial charge in [0.05, 0.1) is 5.56 Å². The molecule has 1 aromatic carbocycles. The number of rotatable bonds is 4. The van der Waals surface area contributed by atoms with Crippen LogP contribution in [0, 0.1) is 18.8 Å². The fourth-order valence-corrected chi connectivity index (χ4v) is 1.55. The Balaban J connectivity index is 2.46. The highest BCUT2D eigenvalue weighted by Gasteiger charge is 1.96. The van der Waals surface area contributed by atoms with Gasteiger partial charge < -0.3 is 5.11 Å². The quantitative estimate of drug-likeness (QED) is 0.595. The van der Waals surface area contributed by atoms with Crippen LogP contribution < -0.4 is 0 Å². The average molecular weight is 216 g/mol. The normalized spacial score (nSPS) is 9.62. The van der Waals surface area contributed by atoms with Gasteiger partial charge in [-0.1, -0.05) is 44.1 Å². The maximum Gasteiger partial charge on any atom is 0.131 e. The summed E-state index contributed by atoms with van der Waals surface area (Å²) in [5.74, 6) is 6.43. The van der Waals surface area contributed by atoms with E-state index in [4.69, 9.17) is 0 Å². The SMILES string of the molecule is CCCCCCC#Cc1cc(C)ccc1O. The first kappa shape index (κ1) is 12.6. The van der Waals surface area contributed by atoms with Gasteiger partial charge in [0.15, 0.2) is 0 Å². The highest BCUT2D eigenvalue weighted by atomic mass is 16.3. The lowest BCUT2D eigenvalue weighted by Crippen LogP contribution is -1.79. The van der Waals surface area contributed by atoms with Crippen molar-refractivity contribution < 1.29 is 5.11 Å². The molecule has 1 heteroatoms. The van der Waals surface area contributed by atoms with Crippen molar-refractivity contribution in [3.63, 3.8) is 0 Å². The molecule has 0 amide bonds. The zero-order valence-electron chi connectivity index (χ0n) is 10.2. The number of phenols is 1. The van der Waals surface area contributed by atoms with E-state index in [0.29, 0.717) is 0 Å². The van der Waals surface area contributed by atoms with Crippen molar-refractivity contribution in [2.24, 2.45) is 0 Å². The Hall–Kier alpha value is -1.42. The molecule has 0 fully saturated rings. The number of aromatic hydroxyl groups is 1. The molecule has 0 spiro atoms. The first-order valence-corrected chi connectivity index (χ1v) is 6.02. The summed E-state index contributed by atoms with van der Waals surface area (Å²) >= 11 is 0. The third-order valence-corrected chi connectivity index (χ3v) is 2.53. The minimum absolute atomic E-state index is 0.284. The molecular formula is C15H20O. The van der Waals surface area contributed by atoms with Gasteiger partial charge in [0.2, 0.25) is 0 Å². The lowest BCUT2D eigenvalue weighted by Gasteiger charge is -1.97. The second kappa shape index (κ2) is 6.95. The largest absolute Gasteiger partial charge is 0.507 e. The predicted molar refractivity (Wildman–Crippen MR) is 68.5 cm³/mol. The fraction of sp³-hybridized carbons (Fsp3) is 0.467. The molecule has 0 saturated carbocycles. The minimum Gasteiger partial charge on any atom is -0.507 e. The zero-order valence-corrected chi connectivity index (χ0v) is 10.2. The molecule has 86 valence electrons. The van der Waals surface area contributed by atoms with E-state index in [1.807, 2.05) is 19.1 Å². The van der Waals surface area contributed by atoms with Crippen LogP contribution in [0.25, 0.3) is 0 Å². The number of benzene rings is 1. The van der Waals surface area contributed by atoms with Crippen molar-refractivity contribution in [1.82, 2.24) is 0 Å². The monoisotopic (exact) mass is 216 g/mol. The van der Waals surface area contributed by atoms with Crippen molar-refractivity contribution in [2.75, 3.05) is 0 Å². The Bertz CT molecular complexity index is 382. The lowest BCUT2D eigenvalue weighted by molar-refractivity contribution is 0.473. The first-order valence-electron chi connectivity index (χ1n) is 6.02. The number of hydrogen-bond acceptors (Lipinski definition) is 1.